The summed E-state index contributed by atoms with van der Waals surface area (Å²) >= 11 is 0. The normalized spacial score (nSPS) is 10.7. The molecule has 0 atom stereocenters. The highest BCUT2D eigenvalue weighted by atomic mass is 16.5. The Morgan fingerprint density at radius 3 is 2.71 bits per heavy atom. The van der Waals surface area contributed by atoms with Crippen LogP contribution in [0.15, 0.2) is 65.6 Å². The molecule has 0 aliphatic heterocycles. The highest BCUT2D eigenvalue weighted by molar-refractivity contribution is 5.93. The monoisotopic (exact) mass is 376 g/mol. The molecular formula is C19H16N6O3. The van der Waals surface area contributed by atoms with Crippen LogP contribution in [-0.4, -0.2) is 43.9 Å². The van der Waals surface area contributed by atoms with Crippen LogP contribution in [0.2, 0.25) is 0 Å². The standard InChI is InChI=1S/C19H16N6O3/c26-16-8-6-14(12-21-16)19(27)20-10-11-28-17-9-7-15-22-23-18(25(15)24-17)13-4-2-1-3-5-13/h1-9,12H,10-11H2,(H,20,27)(H,21,26). The fourth-order valence-corrected chi connectivity index (χ4v) is 2.59. The van der Waals surface area contributed by atoms with Crippen molar-refractivity contribution in [3.05, 3.63) is 76.7 Å². The first-order valence-corrected chi connectivity index (χ1v) is 8.58. The number of ether oxygens (including phenoxy) is 1. The number of nitrogens with zero attached hydrogens (tertiary/aromatic N) is 4. The number of rotatable bonds is 6. The lowest BCUT2D eigenvalue weighted by Crippen LogP contribution is -2.28. The molecule has 0 bridgehead atoms. The Bertz CT molecular complexity index is 1150. The molecule has 9 heteroatoms. The Balaban J connectivity index is 1.39. The van der Waals surface area contributed by atoms with Crippen LogP contribution in [0.1, 0.15) is 10.4 Å². The molecule has 0 saturated heterocycles. The van der Waals surface area contributed by atoms with E-state index < -0.39 is 0 Å². The third-order valence-corrected chi connectivity index (χ3v) is 3.95. The van der Waals surface area contributed by atoms with Crippen LogP contribution in [-0.2, 0) is 0 Å². The number of benzene rings is 1. The SMILES string of the molecule is O=C(NCCOc1ccc2nnc(-c3ccccc3)n2n1)c1ccc(=O)[nH]c1. The molecule has 3 aromatic heterocycles. The zero-order valence-corrected chi connectivity index (χ0v) is 14.7. The lowest BCUT2D eigenvalue weighted by molar-refractivity contribution is 0.0946. The minimum atomic E-state index is -0.298. The van der Waals surface area contributed by atoms with Crippen LogP contribution in [0.5, 0.6) is 5.88 Å². The summed E-state index contributed by atoms with van der Waals surface area (Å²) in [6, 6.07) is 15.8. The number of aromatic amines is 1. The molecule has 0 saturated carbocycles. The molecule has 3 heterocycles. The smallest absolute Gasteiger partial charge is 0.252 e. The van der Waals surface area contributed by atoms with Gasteiger partial charge in [-0.1, -0.05) is 30.3 Å². The van der Waals surface area contributed by atoms with Gasteiger partial charge in [-0.2, -0.15) is 4.52 Å². The lowest BCUT2D eigenvalue weighted by atomic mass is 10.2. The second-order valence-electron chi connectivity index (χ2n) is 5.88. The Hall–Kier alpha value is -4.01. The molecule has 0 aliphatic rings. The molecule has 4 rings (SSSR count). The van der Waals surface area contributed by atoms with E-state index in [0.717, 1.165) is 5.56 Å². The molecule has 140 valence electrons. The van der Waals surface area contributed by atoms with E-state index in [1.807, 2.05) is 30.3 Å². The zero-order valence-electron chi connectivity index (χ0n) is 14.7. The molecule has 0 unspecified atom stereocenters. The highest BCUT2D eigenvalue weighted by Crippen LogP contribution is 2.18. The van der Waals surface area contributed by atoms with Gasteiger partial charge in [-0.15, -0.1) is 15.3 Å². The lowest BCUT2D eigenvalue weighted by Gasteiger charge is -2.07. The molecular weight excluding hydrogens is 360 g/mol. The van der Waals surface area contributed by atoms with Crippen molar-refractivity contribution in [2.45, 2.75) is 0 Å². The molecule has 9 nitrogen and oxygen atoms in total. The summed E-state index contributed by atoms with van der Waals surface area (Å²) in [6.07, 6.45) is 1.37. The quantitative estimate of drug-likeness (QED) is 0.490. The van der Waals surface area contributed by atoms with Crippen LogP contribution in [0, 0.1) is 0 Å². The van der Waals surface area contributed by atoms with Gasteiger partial charge >= 0.3 is 0 Å². The van der Waals surface area contributed by atoms with Crippen LogP contribution in [0.4, 0.5) is 0 Å². The van der Waals surface area contributed by atoms with Crippen LogP contribution in [0.3, 0.4) is 0 Å². The van der Waals surface area contributed by atoms with E-state index in [0.29, 0.717) is 22.9 Å². The van der Waals surface area contributed by atoms with Crippen LogP contribution in [0.25, 0.3) is 17.0 Å². The Kier molecular flexibility index (Phi) is 4.79. The zero-order chi connectivity index (χ0) is 19.3. The molecule has 28 heavy (non-hydrogen) atoms. The molecule has 1 amide bonds. The largest absolute Gasteiger partial charge is 0.475 e. The first-order chi connectivity index (χ1) is 13.7. The maximum Gasteiger partial charge on any atom is 0.252 e. The number of H-pyrrole nitrogens is 1. The van der Waals surface area contributed by atoms with Gasteiger partial charge in [-0.3, -0.25) is 9.59 Å². The average molecular weight is 376 g/mol. The predicted octanol–water partition coefficient (Wildman–Crippen LogP) is 1.29. The number of hydrogen-bond donors (Lipinski definition) is 2. The van der Waals surface area contributed by atoms with E-state index in [-0.39, 0.29) is 24.6 Å². The van der Waals surface area contributed by atoms with E-state index in [4.69, 9.17) is 4.74 Å². The summed E-state index contributed by atoms with van der Waals surface area (Å²) in [6.45, 7) is 0.516. The van der Waals surface area contributed by atoms with Crippen molar-refractivity contribution in [2.24, 2.45) is 0 Å². The van der Waals surface area contributed by atoms with Gasteiger partial charge in [0.05, 0.1) is 12.1 Å². The fraction of sp³-hybridized carbons (Fsp3) is 0.105. The number of fused-ring (bicyclic) bond motifs is 1. The van der Waals surface area contributed by atoms with E-state index in [1.54, 1.807) is 16.6 Å². The number of hydrogen-bond acceptors (Lipinski definition) is 6. The molecule has 4 aromatic rings. The number of carbonyl (C=O) groups excluding carboxylic acids is 1. The van der Waals surface area contributed by atoms with Crippen molar-refractivity contribution in [1.29, 1.82) is 0 Å². The molecule has 2 N–H and O–H groups in total. The molecule has 0 aliphatic carbocycles. The molecule has 1 aromatic carbocycles. The summed E-state index contributed by atoms with van der Waals surface area (Å²) in [7, 11) is 0. The number of nitrogens with one attached hydrogen (secondary N) is 2. The summed E-state index contributed by atoms with van der Waals surface area (Å²) in [4.78, 5) is 25.5. The second-order valence-corrected chi connectivity index (χ2v) is 5.88. The average Bonchev–Trinajstić information content (AvgIpc) is 3.15. The topological polar surface area (TPSA) is 114 Å². The predicted molar refractivity (Wildman–Crippen MR) is 101 cm³/mol. The molecule has 0 fully saturated rings. The van der Waals surface area contributed by atoms with Crippen molar-refractivity contribution < 1.29 is 9.53 Å². The number of aromatic nitrogens is 5. The highest BCUT2D eigenvalue weighted by Gasteiger charge is 2.10. The maximum absolute atomic E-state index is 12.0. The fourth-order valence-electron chi connectivity index (χ4n) is 2.59. The number of pyridine rings is 1. The van der Waals surface area contributed by atoms with E-state index in [2.05, 4.69) is 25.6 Å². The van der Waals surface area contributed by atoms with E-state index >= 15 is 0 Å². The first kappa shape index (κ1) is 17.4. The van der Waals surface area contributed by atoms with Gasteiger partial charge in [0.1, 0.15) is 6.61 Å². The van der Waals surface area contributed by atoms with E-state index in [9.17, 15) is 9.59 Å². The summed E-state index contributed by atoms with van der Waals surface area (Å²) < 4.78 is 7.23. The minimum absolute atomic E-state index is 0.233. The minimum Gasteiger partial charge on any atom is -0.475 e. The van der Waals surface area contributed by atoms with E-state index in [1.165, 1.54) is 18.3 Å². The van der Waals surface area contributed by atoms with Gasteiger partial charge in [0.15, 0.2) is 11.5 Å². The maximum atomic E-state index is 12.0. The van der Waals surface area contributed by atoms with Gasteiger partial charge in [-0.05, 0) is 12.1 Å². The Labute approximate surface area is 159 Å². The molecule has 0 spiro atoms. The summed E-state index contributed by atoms with van der Waals surface area (Å²) in [5.74, 6) is 0.712. The van der Waals surface area contributed by atoms with Crippen LogP contribution >= 0.6 is 0 Å². The van der Waals surface area contributed by atoms with Gasteiger partial charge in [0.2, 0.25) is 11.4 Å². The van der Waals surface area contributed by atoms with Crippen molar-refractivity contribution in [1.82, 2.24) is 30.1 Å². The van der Waals surface area contributed by atoms with Gasteiger partial charge < -0.3 is 15.0 Å². The van der Waals surface area contributed by atoms with Crippen molar-refractivity contribution in [3.8, 4) is 17.3 Å². The van der Waals surface area contributed by atoms with Crippen molar-refractivity contribution in [3.63, 3.8) is 0 Å². The number of amides is 1. The third kappa shape index (κ3) is 3.73. The van der Waals surface area contributed by atoms with Crippen molar-refractivity contribution in [2.75, 3.05) is 13.2 Å². The Morgan fingerprint density at radius 1 is 1.07 bits per heavy atom. The number of carbonyl (C=O) groups is 1. The van der Waals surface area contributed by atoms with Crippen LogP contribution < -0.4 is 15.6 Å². The van der Waals surface area contributed by atoms with Gasteiger partial charge in [0, 0.05) is 23.9 Å². The van der Waals surface area contributed by atoms with Gasteiger partial charge in [-0.25, -0.2) is 0 Å². The first-order valence-electron chi connectivity index (χ1n) is 8.58. The van der Waals surface area contributed by atoms with Crippen molar-refractivity contribution >= 4 is 11.6 Å². The summed E-state index contributed by atoms with van der Waals surface area (Å²) in [5.41, 5.74) is 1.62. The second kappa shape index (κ2) is 7.70. The Morgan fingerprint density at radius 2 is 1.93 bits per heavy atom. The van der Waals surface area contributed by atoms with Gasteiger partial charge in [0.25, 0.3) is 5.91 Å². The third-order valence-electron chi connectivity index (χ3n) is 3.95. The summed E-state index contributed by atoms with van der Waals surface area (Å²) in [5, 5.41) is 15.4. The molecule has 0 radical (unpaired) electrons.